The molecule has 0 aromatic rings. The van der Waals surface area contributed by atoms with E-state index in [4.69, 9.17) is 12.2 Å². The maximum atomic E-state index is 12.2. The molecule has 2 N–H and O–H groups in total. The number of hydrogen-bond acceptors (Lipinski definition) is 2. The number of likely N-dealkylation sites (tertiary alicyclic amines) is 1. The van der Waals surface area contributed by atoms with E-state index in [9.17, 15) is 13.2 Å². The number of thiocarbonyl (C=S) groups is 1. The van der Waals surface area contributed by atoms with Crippen molar-refractivity contribution in [2.45, 2.75) is 37.5 Å². The first-order valence-electron chi connectivity index (χ1n) is 5.78. The molecule has 0 spiro atoms. The Labute approximate surface area is 104 Å². The molecule has 0 unspecified atom stereocenters. The normalized spacial score (nSPS) is 25.9. The van der Waals surface area contributed by atoms with Crippen molar-refractivity contribution in [2.75, 3.05) is 19.6 Å². The van der Waals surface area contributed by atoms with E-state index in [-0.39, 0.29) is 6.04 Å². The lowest BCUT2D eigenvalue weighted by Crippen LogP contribution is -2.44. The van der Waals surface area contributed by atoms with Crippen molar-refractivity contribution in [1.29, 1.82) is 0 Å². The van der Waals surface area contributed by atoms with Crippen molar-refractivity contribution < 1.29 is 13.2 Å². The smallest absolute Gasteiger partial charge is 0.360 e. The Bertz CT molecular complexity index is 291. The average molecular weight is 267 g/mol. The van der Waals surface area contributed by atoms with Crippen LogP contribution in [0.2, 0.25) is 0 Å². The van der Waals surface area contributed by atoms with E-state index >= 15 is 0 Å². The van der Waals surface area contributed by atoms with E-state index in [0.29, 0.717) is 30.7 Å². The van der Waals surface area contributed by atoms with Crippen LogP contribution in [0.25, 0.3) is 0 Å². The second kappa shape index (κ2) is 4.97. The van der Waals surface area contributed by atoms with Crippen molar-refractivity contribution >= 4 is 17.3 Å². The molecule has 3 nitrogen and oxygen atoms in total. The van der Waals surface area contributed by atoms with Crippen LogP contribution in [0.5, 0.6) is 0 Å². The summed E-state index contributed by atoms with van der Waals surface area (Å²) in [6.45, 7) is 0.0587. The molecule has 1 saturated carbocycles. The van der Waals surface area contributed by atoms with Gasteiger partial charge in [0.15, 0.2) is 5.11 Å². The summed E-state index contributed by atoms with van der Waals surface area (Å²) in [5.41, 5.74) is 0. The first-order valence-corrected chi connectivity index (χ1v) is 6.19. The first kappa shape index (κ1) is 12.9. The predicted molar refractivity (Wildman–Crippen MR) is 62.8 cm³/mol. The highest BCUT2D eigenvalue weighted by molar-refractivity contribution is 7.80. The van der Waals surface area contributed by atoms with Crippen molar-refractivity contribution in [3.05, 3.63) is 0 Å². The van der Waals surface area contributed by atoms with Gasteiger partial charge in [-0.3, -0.25) is 4.90 Å². The quantitative estimate of drug-likeness (QED) is 0.753. The number of rotatable bonds is 3. The topological polar surface area (TPSA) is 27.3 Å². The SMILES string of the molecule is FC(F)(F)CN1CC[C@@H](NC(=S)NC2CC2)C1. The van der Waals surface area contributed by atoms with Crippen LogP contribution < -0.4 is 10.6 Å². The largest absolute Gasteiger partial charge is 0.401 e. The Morgan fingerprint density at radius 3 is 2.41 bits per heavy atom. The molecule has 98 valence electrons. The van der Waals surface area contributed by atoms with Crippen molar-refractivity contribution in [3.8, 4) is 0 Å². The molecular weight excluding hydrogens is 251 g/mol. The summed E-state index contributed by atoms with van der Waals surface area (Å²) in [6.07, 6.45) is -1.14. The summed E-state index contributed by atoms with van der Waals surface area (Å²) in [5.74, 6) is 0. The lowest BCUT2D eigenvalue weighted by atomic mass is 10.3. The molecule has 0 amide bonds. The second-order valence-corrected chi connectivity index (χ2v) is 5.14. The van der Waals surface area contributed by atoms with Gasteiger partial charge in [0.25, 0.3) is 0 Å². The van der Waals surface area contributed by atoms with Gasteiger partial charge in [-0.25, -0.2) is 0 Å². The standard InChI is InChI=1S/C10H16F3N3S/c11-10(12,13)6-16-4-3-8(5-16)15-9(17)14-7-1-2-7/h7-8H,1-6H2,(H2,14,15,17)/t8-/m1/s1. The average Bonchev–Trinajstić information content (AvgIpc) is 2.86. The number of hydrogen-bond donors (Lipinski definition) is 2. The fourth-order valence-corrected chi connectivity index (χ4v) is 2.32. The molecule has 7 heteroatoms. The maximum Gasteiger partial charge on any atom is 0.401 e. The molecule has 1 aliphatic heterocycles. The van der Waals surface area contributed by atoms with Gasteiger partial charge in [0.2, 0.25) is 0 Å². The van der Waals surface area contributed by atoms with E-state index in [0.717, 1.165) is 12.8 Å². The monoisotopic (exact) mass is 267 g/mol. The number of halogens is 3. The molecule has 1 saturated heterocycles. The Kier molecular flexibility index (Phi) is 3.77. The third-order valence-electron chi connectivity index (χ3n) is 2.92. The van der Waals surface area contributed by atoms with E-state index in [2.05, 4.69) is 10.6 Å². The molecule has 2 rings (SSSR count). The fraction of sp³-hybridized carbons (Fsp3) is 0.900. The number of nitrogens with one attached hydrogen (secondary N) is 2. The Balaban J connectivity index is 1.68. The Morgan fingerprint density at radius 2 is 1.82 bits per heavy atom. The highest BCUT2D eigenvalue weighted by atomic mass is 32.1. The Morgan fingerprint density at radius 1 is 1.18 bits per heavy atom. The van der Waals surface area contributed by atoms with Crippen LogP contribution in [0.4, 0.5) is 13.2 Å². The molecule has 1 atom stereocenters. The predicted octanol–water partition coefficient (Wildman–Crippen LogP) is 1.25. The molecule has 0 bridgehead atoms. The van der Waals surface area contributed by atoms with Crippen molar-refractivity contribution in [3.63, 3.8) is 0 Å². The molecule has 1 heterocycles. The zero-order chi connectivity index (χ0) is 12.5. The minimum absolute atomic E-state index is 0.0381. The van der Waals surface area contributed by atoms with Gasteiger partial charge in [-0.2, -0.15) is 13.2 Å². The van der Waals surface area contributed by atoms with Gasteiger partial charge in [0.05, 0.1) is 6.54 Å². The number of nitrogens with zero attached hydrogens (tertiary/aromatic N) is 1. The maximum absolute atomic E-state index is 12.2. The minimum atomic E-state index is -4.11. The molecular formula is C10H16F3N3S. The van der Waals surface area contributed by atoms with Gasteiger partial charge in [-0.1, -0.05) is 0 Å². The molecule has 2 aliphatic rings. The lowest BCUT2D eigenvalue weighted by Gasteiger charge is -2.19. The van der Waals surface area contributed by atoms with E-state index in [1.165, 1.54) is 4.90 Å². The van der Waals surface area contributed by atoms with Crippen LogP contribution in [0.15, 0.2) is 0 Å². The van der Waals surface area contributed by atoms with Crippen LogP contribution in [-0.2, 0) is 0 Å². The highest BCUT2D eigenvalue weighted by Gasteiger charge is 2.34. The summed E-state index contributed by atoms with van der Waals surface area (Å²) in [5, 5.41) is 6.78. The van der Waals surface area contributed by atoms with Crippen LogP contribution in [0, 0.1) is 0 Å². The van der Waals surface area contributed by atoms with Crippen molar-refractivity contribution in [2.24, 2.45) is 0 Å². The third-order valence-corrected chi connectivity index (χ3v) is 3.16. The van der Waals surface area contributed by atoms with E-state index in [1.807, 2.05) is 0 Å². The second-order valence-electron chi connectivity index (χ2n) is 4.73. The van der Waals surface area contributed by atoms with Gasteiger partial charge < -0.3 is 10.6 Å². The lowest BCUT2D eigenvalue weighted by molar-refractivity contribution is -0.143. The molecule has 0 radical (unpaired) electrons. The summed E-state index contributed by atoms with van der Waals surface area (Å²) >= 11 is 5.09. The molecule has 2 fully saturated rings. The first-order chi connectivity index (χ1) is 7.92. The van der Waals surface area contributed by atoms with Crippen LogP contribution in [0.3, 0.4) is 0 Å². The summed E-state index contributed by atoms with van der Waals surface area (Å²) in [7, 11) is 0. The number of alkyl halides is 3. The molecule has 17 heavy (non-hydrogen) atoms. The van der Waals surface area contributed by atoms with Gasteiger partial charge in [-0.15, -0.1) is 0 Å². The van der Waals surface area contributed by atoms with Crippen LogP contribution in [-0.4, -0.2) is 47.9 Å². The molecule has 0 aromatic carbocycles. The highest BCUT2D eigenvalue weighted by Crippen LogP contribution is 2.20. The van der Waals surface area contributed by atoms with Crippen LogP contribution in [0.1, 0.15) is 19.3 Å². The summed E-state index contributed by atoms with van der Waals surface area (Å²) in [4.78, 5) is 1.41. The van der Waals surface area contributed by atoms with E-state index in [1.54, 1.807) is 0 Å². The minimum Gasteiger partial charge on any atom is -0.360 e. The van der Waals surface area contributed by atoms with E-state index < -0.39 is 12.7 Å². The molecule has 1 aliphatic carbocycles. The van der Waals surface area contributed by atoms with Crippen molar-refractivity contribution in [1.82, 2.24) is 15.5 Å². The zero-order valence-corrected chi connectivity index (χ0v) is 10.2. The summed E-state index contributed by atoms with van der Waals surface area (Å²) in [6, 6.07) is 0.513. The Hall–Kier alpha value is -0.560. The van der Waals surface area contributed by atoms with Gasteiger partial charge in [0, 0.05) is 25.2 Å². The molecule has 0 aromatic heterocycles. The third kappa shape index (κ3) is 4.67. The summed E-state index contributed by atoms with van der Waals surface area (Å²) < 4.78 is 36.5. The fourth-order valence-electron chi connectivity index (χ4n) is 1.99. The van der Waals surface area contributed by atoms with Gasteiger partial charge >= 0.3 is 6.18 Å². The van der Waals surface area contributed by atoms with Gasteiger partial charge in [-0.05, 0) is 31.5 Å². The zero-order valence-electron chi connectivity index (χ0n) is 9.39. The van der Waals surface area contributed by atoms with Crippen LogP contribution >= 0.6 is 12.2 Å². The van der Waals surface area contributed by atoms with Gasteiger partial charge in [0.1, 0.15) is 0 Å².